The van der Waals surface area contributed by atoms with E-state index >= 15 is 0 Å². The van der Waals surface area contributed by atoms with Crippen molar-refractivity contribution in [1.29, 1.82) is 5.26 Å². The van der Waals surface area contributed by atoms with Gasteiger partial charge in [0, 0.05) is 16.2 Å². The van der Waals surface area contributed by atoms with Gasteiger partial charge in [-0.05, 0) is 42.7 Å². The second-order valence-corrected chi connectivity index (χ2v) is 4.64. The van der Waals surface area contributed by atoms with E-state index in [-0.39, 0.29) is 0 Å². The lowest BCUT2D eigenvalue weighted by atomic mass is 10.1. The van der Waals surface area contributed by atoms with E-state index in [0.717, 1.165) is 6.42 Å². The summed E-state index contributed by atoms with van der Waals surface area (Å²) in [5.41, 5.74) is 1.27. The molecule has 0 amide bonds. The summed E-state index contributed by atoms with van der Waals surface area (Å²) in [5.74, 6) is 0. The van der Waals surface area contributed by atoms with Gasteiger partial charge >= 0.3 is 0 Å². The normalized spacial score (nSPS) is 9.79. The molecule has 0 aliphatic carbocycles. The van der Waals surface area contributed by atoms with E-state index in [9.17, 15) is 0 Å². The molecule has 3 heteroatoms. The fourth-order valence-electron chi connectivity index (χ4n) is 1.21. The van der Waals surface area contributed by atoms with Gasteiger partial charge in [0.2, 0.25) is 0 Å². The van der Waals surface area contributed by atoms with Crippen molar-refractivity contribution in [3.8, 4) is 6.07 Å². The monoisotopic (exact) mass is 223 g/mol. The molecule has 0 saturated carbocycles. The number of rotatable bonds is 4. The first-order valence-electron chi connectivity index (χ1n) is 4.39. The van der Waals surface area contributed by atoms with E-state index in [2.05, 4.69) is 36.8 Å². The van der Waals surface area contributed by atoms with E-state index in [4.69, 9.17) is 5.26 Å². The van der Waals surface area contributed by atoms with Crippen LogP contribution in [0.25, 0.3) is 0 Å². The lowest BCUT2D eigenvalue weighted by molar-refractivity contribution is 0.994. The van der Waals surface area contributed by atoms with Crippen LogP contribution in [0, 0.1) is 11.3 Å². The Bertz CT molecular complexity index is 319. The van der Waals surface area contributed by atoms with Gasteiger partial charge in [-0.25, -0.2) is 0 Å². The molecule has 1 aromatic rings. The summed E-state index contributed by atoms with van der Waals surface area (Å²) in [6.07, 6.45) is 5.62. The Morgan fingerprint density at radius 2 is 1.71 bits per heavy atom. The summed E-state index contributed by atoms with van der Waals surface area (Å²) in [5, 5.41) is 8.52. The van der Waals surface area contributed by atoms with Crippen LogP contribution in [0.15, 0.2) is 28.0 Å². The molecule has 0 aromatic heterocycles. The van der Waals surface area contributed by atoms with Crippen LogP contribution in [-0.2, 0) is 6.42 Å². The Kier molecular flexibility index (Phi) is 4.92. The van der Waals surface area contributed by atoms with Gasteiger partial charge in [0.05, 0.1) is 6.07 Å². The number of hydrogen-bond acceptors (Lipinski definition) is 3. The van der Waals surface area contributed by atoms with Gasteiger partial charge < -0.3 is 0 Å². The van der Waals surface area contributed by atoms with Crippen LogP contribution in [0.3, 0.4) is 0 Å². The maximum absolute atomic E-state index is 8.52. The number of hydrogen-bond donors (Lipinski definition) is 0. The van der Waals surface area contributed by atoms with Gasteiger partial charge in [0.15, 0.2) is 0 Å². The first-order chi connectivity index (χ1) is 6.80. The fraction of sp³-hybridized carbons (Fsp3) is 0.364. The molecule has 0 fully saturated rings. The quantitative estimate of drug-likeness (QED) is 0.729. The van der Waals surface area contributed by atoms with Crippen molar-refractivity contribution < 1.29 is 0 Å². The zero-order valence-electron chi connectivity index (χ0n) is 8.41. The van der Waals surface area contributed by atoms with Crippen molar-refractivity contribution in [1.82, 2.24) is 0 Å². The molecule has 1 rings (SSSR count). The van der Waals surface area contributed by atoms with Crippen molar-refractivity contribution in [3.05, 3.63) is 23.8 Å². The minimum Gasteiger partial charge on any atom is -0.198 e. The van der Waals surface area contributed by atoms with Crippen LogP contribution in [-0.4, -0.2) is 12.5 Å². The number of benzene rings is 1. The smallest absolute Gasteiger partial charge is 0.0625 e. The van der Waals surface area contributed by atoms with Gasteiger partial charge in [0.1, 0.15) is 0 Å². The molecule has 14 heavy (non-hydrogen) atoms. The van der Waals surface area contributed by atoms with E-state index in [1.54, 1.807) is 23.5 Å². The summed E-state index contributed by atoms with van der Waals surface area (Å²) in [7, 11) is 0. The standard InChI is InChI=1S/C11H13NS2/c1-13-10-6-9(4-3-5-12)7-11(8-10)14-2/h6-8H,3-4H2,1-2H3. The second-order valence-electron chi connectivity index (χ2n) is 2.88. The maximum Gasteiger partial charge on any atom is 0.0625 e. The molecule has 0 aliphatic heterocycles. The number of aryl methyl sites for hydroxylation is 1. The van der Waals surface area contributed by atoms with E-state index in [1.807, 2.05) is 0 Å². The van der Waals surface area contributed by atoms with Crippen LogP contribution in [0.1, 0.15) is 12.0 Å². The maximum atomic E-state index is 8.52. The van der Waals surface area contributed by atoms with Crippen LogP contribution in [0.2, 0.25) is 0 Å². The molecule has 0 N–H and O–H groups in total. The van der Waals surface area contributed by atoms with Crippen molar-refractivity contribution in [2.75, 3.05) is 12.5 Å². The SMILES string of the molecule is CSc1cc(CCC#N)cc(SC)c1. The lowest BCUT2D eigenvalue weighted by Crippen LogP contribution is -1.86. The van der Waals surface area contributed by atoms with Crippen LogP contribution in [0.4, 0.5) is 0 Å². The molecule has 0 heterocycles. The molecule has 1 nitrogen and oxygen atoms in total. The number of nitriles is 1. The average molecular weight is 223 g/mol. The highest BCUT2D eigenvalue weighted by Crippen LogP contribution is 2.25. The number of thioether (sulfide) groups is 2. The number of nitrogens with zero attached hydrogens (tertiary/aromatic N) is 1. The molecule has 0 saturated heterocycles. The molecule has 0 spiro atoms. The molecule has 74 valence electrons. The van der Waals surface area contributed by atoms with Crippen LogP contribution in [0.5, 0.6) is 0 Å². The Labute approximate surface area is 93.9 Å². The summed E-state index contributed by atoms with van der Waals surface area (Å²) < 4.78 is 0. The Balaban J connectivity index is 2.87. The second kappa shape index (κ2) is 6.00. The predicted molar refractivity (Wildman–Crippen MR) is 63.9 cm³/mol. The minimum atomic E-state index is 0.603. The molecule has 0 radical (unpaired) electrons. The summed E-state index contributed by atoms with van der Waals surface area (Å²) in [6.45, 7) is 0. The van der Waals surface area contributed by atoms with Crippen molar-refractivity contribution in [2.45, 2.75) is 22.6 Å². The van der Waals surface area contributed by atoms with Gasteiger partial charge in [-0.3, -0.25) is 0 Å². The topological polar surface area (TPSA) is 23.8 Å². The Morgan fingerprint density at radius 1 is 1.14 bits per heavy atom. The van der Waals surface area contributed by atoms with Gasteiger partial charge in [-0.1, -0.05) is 0 Å². The highest BCUT2D eigenvalue weighted by molar-refractivity contribution is 7.99. The summed E-state index contributed by atoms with van der Waals surface area (Å²) in [6, 6.07) is 8.70. The van der Waals surface area contributed by atoms with Gasteiger partial charge in [-0.15, -0.1) is 23.5 Å². The fourth-order valence-corrected chi connectivity index (χ4v) is 2.31. The first kappa shape index (κ1) is 11.5. The van der Waals surface area contributed by atoms with E-state index in [0.29, 0.717) is 6.42 Å². The predicted octanol–water partition coefficient (Wildman–Crippen LogP) is 3.59. The third-order valence-corrected chi connectivity index (χ3v) is 3.35. The third-order valence-electron chi connectivity index (χ3n) is 1.94. The summed E-state index contributed by atoms with van der Waals surface area (Å²) in [4.78, 5) is 2.56. The Hall–Kier alpha value is -0.590. The van der Waals surface area contributed by atoms with Crippen molar-refractivity contribution >= 4 is 23.5 Å². The Morgan fingerprint density at radius 3 is 2.14 bits per heavy atom. The highest BCUT2D eigenvalue weighted by Gasteiger charge is 1.99. The van der Waals surface area contributed by atoms with Crippen LogP contribution >= 0.6 is 23.5 Å². The zero-order chi connectivity index (χ0) is 10.4. The van der Waals surface area contributed by atoms with Gasteiger partial charge in [0.25, 0.3) is 0 Å². The molecule has 0 unspecified atom stereocenters. The molecular formula is C11H13NS2. The lowest BCUT2D eigenvalue weighted by Gasteiger charge is -2.05. The minimum absolute atomic E-state index is 0.603. The molecule has 1 aromatic carbocycles. The first-order valence-corrected chi connectivity index (χ1v) is 6.84. The highest BCUT2D eigenvalue weighted by atomic mass is 32.2. The van der Waals surface area contributed by atoms with E-state index in [1.165, 1.54) is 15.4 Å². The molecule has 0 aliphatic rings. The average Bonchev–Trinajstić information content (AvgIpc) is 2.25. The largest absolute Gasteiger partial charge is 0.198 e. The molecule has 0 atom stereocenters. The summed E-state index contributed by atoms with van der Waals surface area (Å²) >= 11 is 3.50. The third kappa shape index (κ3) is 3.28. The van der Waals surface area contributed by atoms with Crippen molar-refractivity contribution in [3.63, 3.8) is 0 Å². The van der Waals surface area contributed by atoms with E-state index < -0.39 is 0 Å². The van der Waals surface area contributed by atoms with Crippen LogP contribution < -0.4 is 0 Å². The molecule has 0 bridgehead atoms. The van der Waals surface area contributed by atoms with Gasteiger partial charge in [-0.2, -0.15) is 5.26 Å². The van der Waals surface area contributed by atoms with Crippen molar-refractivity contribution in [2.24, 2.45) is 0 Å². The zero-order valence-corrected chi connectivity index (χ0v) is 10.0. The molecular weight excluding hydrogens is 210 g/mol.